The van der Waals surface area contributed by atoms with Gasteiger partial charge in [-0.15, -0.1) is 0 Å². The Morgan fingerprint density at radius 2 is 2.00 bits per heavy atom. The van der Waals surface area contributed by atoms with E-state index in [1.165, 1.54) is 41.0 Å². The number of carbonyl (C=O) groups is 1. The van der Waals surface area contributed by atoms with E-state index in [0.29, 0.717) is 26.3 Å². The lowest BCUT2D eigenvalue weighted by molar-refractivity contribution is 0.0697. The van der Waals surface area contributed by atoms with Crippen LogP contribution in [0.15, 0.2) is 47.4 Å². The van der Waals surface area contributed by atoms with Crippen LogP contribution in [0.25, 0.3) is 22.3 Å². The van der Waals surface area contributed by atoms with Crippen LogP contribution in [-0.2, 0) is 0 Å². The van der Waals surface area contributed by atoms with Crippen molar-refractivity contribution < 1.29 is 19.7 Å². The van der Waals surface area contributed by atoms with Gasteiger partial charge in [0.1, 0.15) is 0 Å². The van der Waals surface area contributed by atoms with Gasteiger partial charge in [0.05, 0.1) is 27.9 Å². The van der Waals surface area contributed by atoms with Crippen LogP contribution in [0.4, 0.5) is 0 Å². The van der Waals surface area contributed by atoms with Crippen LogP contribution in [0.1, 0.15) is 15.9 Å². The number of phenols is 1. The minimum absolute atomic E-state index is 0.122. The number of nitrogens with zero attached hydrogens (tertiary/aromatic N) is 2. The lowest BCUT2D eigenvalue weighted by Gasteiger charge is -2.05. The number of methoxy groups -OCH3 is 1. The number of ether oxygens (including phenoxy) is 1. The predicted molar refractivity (Wildman–Crippen MR) is 110 cm³/mol. The Bertz CT molecular complexity index is 1360. The molecule has 0 aliphatic carbocycles. The molecule has 0 atom stereocenters. The van der Waals surface area contributed by atoms with Crippen molar-refractivity contribution in [2.45, 2.75) is 0 Å². The lowest BCUT2D eigenvalue weighted by atomic mass is 10.1. The van der Waals surface area contributed by atoms with E-state index in [9.17, 15) is 14.7 Å². The summed E-state index contributed by atoms with van der Waals surface area (Å²) < 4.78 is 6.97. The van der Waals surface area contributed by atoms with Gasteiger partial charge in [0.2, 0.25) is 0 Å². The smallest absolute Gasteiger partial charge is 0.335 e. The minimum atomic E-state index is -1.00. The third-order valence-corrected chi connectivity index (χ3v) is 5.57. The normalized spacial score (nSPS) is 11.9. The molecule has 0 amide bonds. The molecule has 0 unspecified atom stereocenters. The van der Waals surface area contributed by atoms with Crippen molar-refractivity contribution in [2.75, 3.05) is 7.11 Å². The number of hydrogen-bond acceptors (Lipinski definition) is 6. The van der Waals surface area contributed by atoms with Crippen molar-refractivity contribution in [1.29, 1.82) is 0 Å². The van der Waals surface area contributed by atoms with Crippen molar-refractivity contribution in [3.63, 3.8) is 0 Å². The zero-order valence-electron chi connectivity index (χ0n) is 14.9. The quantitative estimate of drug-likeness (QED) is 0.518. The van der Waals surface area contributed by atoms with Crippen LogP contribution in [-0.4, -0.2) is 32.7 Å². The maximum absolute atomic E-state index is 12.7. The summed E-state index contributed by atoms with van der Waals surface area (Å²) in [7, 11) is 1.41. The molecule has 2 heterocycles. The Morgan fingerprint density at radius 1 is 1.28 bits per heavy atom. The Hall–Kier alpha value is -3.36. The van der Waals surface area contributed by atoms with Crippen molar-refractivity contribution in [2.24, 2.45) is 0 Å². The zero-order valence-corrected chi connectivity index (χ0v) is 16.5. The number of benzene rings is 2. The highest BCUT2D eigenvalue weighted by molar-refractivity contribution is 7.15. The molecule has 0 spiro atoms. The first kappa shape index (κ1) is 19.0. The van der Waals surface area contributed by atoms with Crippen LogP contribution < -0.4 is 14.8 Å². The first-order valence-electron chi connectivity index (χ1n) is 8.31. The number of fused-ring (bicyclic) bond motifs is 1. The number of imidazole rings is 1. The third kappa shape index (κ3) is 3.43. The monoisotopic (exact) mass is 428 g/mol. The molecular formula is C20H13ClN2O5S. The van der Waals surface area contributed by atoms with Crippen LogP contribution in [0.3, 0.4) is 0 Å². The summed E-state index contributed by atoms with van der Waals surface area (Å²) in [6, 6.07) is 9.40. The van der Waals surface area contributed by atoms with Crippen LogP contribution in [0, 0.1) is 0 Å². The first-order valence-corrected chi connectivity index (χ1v) is 9.50. The Balaban J connectivity index is 1.76. The second-order valence-electron chi connectivity index (χ2n) is 6.13. The van der Waals surface area contributed by atoms with Gasteiger partial charge < -0.3 is 14.9 Å². The third-order valence-electron chi connectivity index (χ3n) is 4.30. The van der Waals surface area contributed by atoms with Gasteiger partial charge in [-0.3, -0.25) is 9.20 Å². The Morgan fingerprint density at radius 3 is 2.62 bits per heavy atom. The van der Waals surface area contributed by atoms with Gasteiger partial charge in [0, 0.05) is 11.8 Å². The molecule has 2 N–H and O–H groups in total. The van der Waals surface area contributed by atoms with Crippen molar-refractivity contribution in [3.8, 4) is 22.8 Å². The predicted octanol–water partition coefficient (Wildman–Crippen LogP) is 3.04. The molecule has 9 heteroatoms. The van der Waals surface area contributed by atoms with Crippen LogP contribution in [0.5, 0.6) is 11.5 Å². The van der Waals surface area contributed by atoms with Gasteiger partial charge in [0.25, 0.3) is 5.56 Å². The molecule has 0 aliphatic rings. The number of hydrogen-bond donors (Lipinski definition) is 2. The number of aromatic nitrogens is 2. The number of aromatic hydroxyl groups is 1. The summed E-state index contributed by atoms with van der Waals surface area (Å²) in [5.74, 6) is -0.951. The number of carboxylic acid groups (broad SMARTS) is 1. The molecule has 0 saturated carbocycles. The largest absolute Gasteiger partial charge is 0.503 e. The van der Waals surface area contributed by atoms with Gasteiger partial charge in [-0.05, 0) is 35.9 Å². The Labute approximate surface area is 172 Å². The molecule has 2 aromatic heterocycles. The molecule has 0 aliphatic heterocycles. The SMILES string of the molecule is COc1cc(C=c2sc3nc(-c4ccc(C(=O)O)cc4)cn3c2=O)cc(Cl)c1O. The van der Waals surface area contributed by atoms with Gasteiger partial charge in [-0.2, -0.15) is 0 Å². The number of carboxylic acids is 1. The molecule has 4 aromatic rings. The molecular weight excluding hydrogens is 416 g/mol. The average Bonchev–Trinajstić information content (AvgIpc) is 3.24. The van der Waals surface area contributed by atoms with E-state index in [4.69, 9.17) is 21.4 Å². The molecule has 7 nitrogen and oxygen atoms in total. The fraction of sp³-hybridized carbons (Fsp3) is 0.0500. The molecule has 0 radical (unpaired) electrons. The number of halogens is 1. The van der Waals surface area contributed by atoms with Gasteiger partial charge >= 0.3 is 5.97 Å². The van der Waals surface area contributed by atoms with Gasteiger partial charge in [-0.1, -0.05) is 35.1 Å². The zero-order chi connectivity index (χ0) is 20.7. The van der Waals surface area contributed by atoms with E-state index >= 15 is 0 Å². The lowest BCUT2D eigenvalue weighted by Crippen LogP contribution is -2.22. The highest BCUT2D eigenvalue weighted by atomic mass is 35.5. The maximum atomic E-state index is 12.7. The molecule has 146 valence electrons. The van der Waals surface area contributed by atoms with Gasteiger partial charge in [0.15, 0.2) is 16.5 Å². The summed E-state index contributed by atoms with van der Waals surface area (Å²) in [4.78, 5) is 28.7. The van der Waals surface area contributed by atoms with Crippen molar-refractivity contribution in [3.05, 3.63) is 73.6 Å². The first-order chi connectivity index (χ1) is 13.9. The topological polar surface area (TPSA) is 101 Å². The van der Waals surface area contributed by atoms with E-state index in [2.05, 4.69) is 4.98 Å². The van der Waals surface area contributed by atoms with Gasteiger partial charge in [-0.25, -0.2) is 9.78 Å². The van der Waals surface area contributed by atoms with E-state index in [1.807, 2.05) is 0 Å². The van der Waals surface area contributed by atoms with Crippen LogP contribution >= 0.6 is 22.9 Å². The molecule has 4 rings (SSSR count). The summed E-state index contributed by atoms with van der Waals surface area (Å²) in [5, 5.41) is 18.9. The molecule has 2 aromatic carbocycles. The van der Waals surface area contributed by atoms with Crippen molar-refractivity contribution >= 4 is 39.9 Å². The molecule has 0 fully saturated rings. The van der Waals surface area contributed by atoms with Crippen LogP contribution in [0.2, 0.25) is 5.02 Å². The summed E-state index contributed by atoms with van der Waals surface area (Å²) in [6.45, 7) is 0. The second-order valence-corrected chi connectivity index (χ2v) is 7.55. The van der Waals surface area contributed by atoms with E-state index in [1.54, 1.807) is 30.5 Å². The highest BCUT2D eigenvalue weighted by Crippen LogP contribution is 2.35. The van der Waals surface area contributed by atoms with E-state index < -0.39 is 5.97 Å². The fourth-order valence-electron chi connectivity index (χ4n) is 2.84. The molecule has 29 heavy (non-hydrogen) atoms. The Kier molecular flexibility index (Phi) is 4.73. The standard InChI is InChI=1S/C20H13ClN2O5S/c1-28-15-7-10(6-13(21)17(15)24)8-16-18(25)23-9-14(22-20(23)29-16)11-2-4-12(5-3-11)19(26)27/h2-9,24H,1H3,(H,26,27). The average molecular weight is 429 g/mol. The number of phenolic OH excluding ortho intramolecular Hbond substituents is 1. The fourth-order valence-corrected chi connectivity index (χ4v) is 4.01. The minimum Gasteiger partial charge on any atom is -0.503 e. The molecule has 0 saturated heterocycles. The summed E-state index contributed by atoms with van der Waals surface area (Å²) in [6.07, 6.45) is 3.27. The van der Waals surface area contributed by atoms with E-state index in [-0.39, 0.29) is 27.6 Å². The second kappa shape index (κ2) is 7.23. The molecule has 0 bridgehead atoms. The highest BCUT2D eigenvalue weighted by Gasteiger charge is 2.12. The summed E-state index contributed by atoms with van der Waals surface area (Å²) in [5.41, 5.74) is 1.83. The van der Waals surface area contributed by atoms with Crippen molar-refractivity contribution in [1.82, 2.24) is 9.38 Å². The van der Waals surface area contributed by atoms with E-state index in [0.717, 1.165) is 0 Å². The number of thiazole rings is 1. The number of aromatic carboxylic acids is 1. The number of rotatable bonds is 4. The maximum Gasteiger partial charge on any atom is 0.335 e. The summed E-state index contributed by atoms with van der Waals surface area (Å²) >= 11 is 7.21.